The predicted octanol–water partition coefficient (Wildman–Crippen LogP) is 4.50. The molecule has 1 aromatic rings. The first-order valence-corrected chi connectivity index (χ1v) is 7.68. The maximum Gasteiger partial charge on any atom is 0.0816 e. The van der Waals surface area contributed by atoms with E-state index in [0.29, 0.717) is 11.4 Å². The zero-order chi connectivity index (χ0) is 14.6. The zero-order valence-electron chi connectivity index (χ0n) is 12.1. The van der Waals surface area contributed by atoms with Crippen LogP contribution >= 0.6 is 27.5 Å². The summed E-state index contributed by atoms with van der Waals surface area (Å²) in [5, 5.41) is 10.8. The average molecular weight is 349 g/mol. The molecule has 0 bridgehead atoms. The maximum atomic E-state index is 10.2. The highest BCUT2D eigenvalue weighted by Gasteiger charge is 2.16. The Hall–Kier alpha value is -0.0900. The smallest absolute Gasteiger partial charge is 0.0816 e. The molecular weight excluding hydrogens is 326 g/mol. The molecule has 4 heteroatoms. The minimum absolute atomic E-state index is 0.273. The molecule has 2 nitrogen and oxygen atoms in total. The average Bonchev–Trinajstić information content (AvgIpc) is 2.23. The second-order valence-electron chi connectivity index (χ2n) is 6.27. The van der Waals surface area contributed by atoms with Crippen molar-refractivity contribution in [2.24, 2.45) is 5.41 Å². The van der Waals surface area contributed by atoms with E-state index in [0.717, 1.165) is 23.1 Å². The summed E-state index contributed by atoms with van der Waals surface area (Å²) in [5.41, 5.74) is 1.07. The quantitative estimate of drug-likeness (QED) is 0.846. The number of hydrogen-bond acceptors (Lipinski definition) is 2. The van der Waals surface area contributed by atoms with Gasteiger partial charge in [0.05, 0.1) is 6.10 Å². The number of aliphatic hydroxyl groups is 1. The lowest BCUT2D eigenvalue weighted by atomic mass is 9.96. The Bertz CT molecular complexity index is 417. The molecule has 0 saturated carbocycles. The van der Waals surface area contributed by atoms with Gasteiger partial charge in [0.25, 0.3) is 0 Å². The van der Waals surface area contributed by atoms with Crippen molar-refractivity contribution < 1.29 is 5.11 Å². The van der Waals surface area contributed by atoms with Crippen LogP contribution in [-0.2, 0) is 0 Å². The summed E-state index contributed by atoms with van der Waals surface area (Å²) in [6, 6.07) is 5.60. The van der Waals surface area contributed by atoms with Crippen molar-refractivity contribution in [3.63, 3.8) is 0 Å². The van der Waals surface area contributed by atoms with Crippen LogP contribution in [0, 0.1) is 5.41 Å². The Labute approximate surface area is 129 Å². The lowest BCUT2D eigenvalue weighted by Crippen LogP contribution is -2.30. The van der Waals surface area contributed by atoms with Gasteiger partial charge in [0, 0.05) is 22.6 Å². The van der Waals surface area contributed by atoms with E-state index in [1.54, 1.807) is 0 Å². The van der Waals surface area contributed by atoms with Crippen LogP contribution in [0.5, 0.6) is 0 Å². The van der Waals surface area contributed by atoms with Crippen LogP contribution in [0.25, 0.3) is 0 Å². The van der Waals surface area contributed by atoms with Crippen LogP contribution in [0.15, 0.2) is 22.7 Å². The van der Waals surface area contributed by atoms with Crippen LogP contribution in [-0.4, -0.2) is 30.1 Å². The topological polar surface area (TPSA) is 23.5 Å². The van der Waals surface area contributed by atoms with Crippen molar-refractivity contribution in [3.05, 3.63) is 33.3 Å². The van der Waals surface area contributed by atoms with Gasteiger partial charge < -0.3 is 10.0 Å². The van der Waals surface area contributed by atoms with Crippen molar-refractivity contribution >= 4 is 27.5 Å². The molecule has 0 amide bonds. The van der Waals surface area contributed by atoms with E-state index in [-0.39, 0.29) is 5.41 Å². The molecule has 19 heavy (non-hydrogen) atoms. The van der Waals surface area contributed by atoms with Gasteiger partial charge in [-0.1, -0.05) is 54.4 Å². The second kappa shape index (κ2) is 7.07. The molecule has 0 radical (unpaired) electrons. The fraction of sp³-hybridized carbons (Fsp3) is 0.600. The van der Waals surface area contributed by atoms with Gasteiger partial charge in [-0.3, -0.25) is 0 Å². The Morgan fingerprint density at radius 3 is 2.53 bits per heavy atom. The summed E-state index contributed by atoms with van der Waals surface area (Å²) < 4.78 is 0.929. The Morgan fingerprint density at radius 1 is 1.37 bits per heavy atom. The molecule has 1 unspecified atom stereocenters. The normalized spacial score (nSPS) is 13.9. The highest BCUT2D eigenvalue weighted by Crippen LogP contribution is 2.28. The van der Waals surface area contributed by atoms with E-state index < -0.39 is 6.10 Å². The number of rotatable bonds is 5. The summed E-state index contributed by atoms with van der Waals surface area (Å²) in [4.78, 5) is 2.25. The third-order valence-electron chi connectivity index (χ3n) is 2.85. The van der Waals surface area contributed by atoms with Gasteiger partial charge in [0.1, 0.15) is 0 Å². The molecule has 0 aromatic heterocycles. The Morgan fingerprint density at radius 2 is 2.00 bits per heavy atom. The number of aliphatic hydroxyl groups excluding tert-OH is 1. The fourth-order valence-electron chi connectivity index (χ4n) is 2.16. The maximum absolute atomic E-state index is 10.2. The lowest BCUT2D eigenvalue weighted by Gasteiger charge is -2.27. The van der Waals surface area contributed by atoms with Crippen LogP contribution < -0.4 is 0 Å². The van der Waals surface area contributed by atoms with Gasteiger partial charge in [-0.15, -0.1) is 0 Å². The third-order valence-corrected chi connectivity index (χ3v) is 3.67. The minimum Gasteiger partial charge on any atom is -0.388 e. The predicted molar refractivity (Wildman–Crippen MR) is 85.7 cm³/mol. The van der Waals surface area contributed by atoms with Crippen LogP contribution in [0.3, 0.4) is 0 Å². The summed E-state index contributed by atoms with van der Waals surface area (Å²) in [7, 11) is 2.08. The van der Waals surface area contributed by atoms with Gasteiger partial charge in [-0.25, -0.2) is 0 Å². The number of halogens is 2. The Kier molecular flexibility index (Phi) is 6.31. The van der Waals surface area contributed by atoms with Crippen molar-refractivity contribution in [1.82, 2.24) is 4.90 Å². The molecule has 0 heterocycles. The van der Waals surface area contributed by atoms with Crippen LogP contribution in [0.1, 0.15) is 38.9 Å². The third kappa shape index (κ3) is 6.26. The lowest BCUT2D eigenvalue weighted by molar-refractivity contribution is 0.137. The number of benzene rings is 1. The van der Waals surface area contributed by atoms with Crippen LogP contribution in [0.4, 0.5) is 0 Å². The van der Waals surface area contributed by atoms with Crippen molar-refractivity contribution in [3.8, 4) is 0 Å². The van der Waals surface area contributed by atoms with E-state index in [1.165, 1.54) is 0 Å². The molecular formula is C15H23BrClNO. The summed E-state index contributed by atoms with van der Waals surface area (Å²) in [5.74, 6) is 0. The fourth-order valence-corrected chi connectivity index (χ4v) is 2.96. The molecule has 1 rings (SSSR count). The van der Waals surface area contributed by atoms with Gasteiger partial charge >= 0.3 is 0 Å². The molecule has 0 aliphatic heterocycles. The molecule has 0 aliphatic carbocycles. The molecule has 0 aliphatic rings. The summed E-state index contributed by atoms with van der Waals surface area (Å²) >= 11 is 9.51. The number of hydrogen-bond donors (Lipinski definition) is 1. The first-order valence-electron chi connectivity index (χ1n) is 6.50. The van der Waals surface area contributed by atoms with E-state index in [2.05, 4.69) is 48.6 Å². The van der Waals surface area contributed by atoms with Gasteiger partial charge in [-0.05, 0) is 36.6 Å². The monoisotopic (exact) mass is 347 g/mol. The van der Waals surface area contributed by atoms with Gasteiger partial charge in [0.15, 0.2) is 0 Å². The zero-order valence-corrected chi connectivity index (χ0v) is 14.4. The first-order chi connectivity index (χ1) is 8.69. The summed E-state index contributed by atoms with van der Waals surface area (Å²) in [6.45, 7) is 8.50. The van der Waals surface area contributed by atoms with E-state index >= 15 is 0 Å². The SMILES string of the molecule is CN(CCC(O)c1ccc(Br)cc1Cl)CC(C)(C)C. The number of nitrogens with zero attached hydrogens (tertiary/aromatic N) is 1. The van der Waals surface area contributed by atoms with Crippen molar-refractivity contribution in [1.29, 1.82) is 0 Å². The van der Waals surface area contributed by atoms with E-state index in [9.17, 15) is 5.11 Å². The van der Waals surface area contributed by atoms with Crippen molar-refractivity contribution in [2.45, 2.75) is 33.3 Å². The van der Waals surface area contributed by atoms with E-state index in [1.807, 2.05) is 18.2 Å². The minimum atomic E-state index is -0.511. The highest BCUT2D eigenvalue weighted by atomic mass is 79.9. The highest BCUT2D eigenvalue weighted by molar-refractivity contribution is 9.10. The second-order valence-corrected chi connectivity index (χ2v) is 7.59. The molecule has 1 aromatic carbocycles. The molecule has 0 spiro atoms. The molecule has 1 atom stereocenters. The Balaban J connectivity index is 2.53. The van der Waals surface area contributed by atoms with Gasteiger partial charge in [0.2, 0.25) is 0 Å². The summed E-state index contributed by atoms with van der Waals surface area (Å²) in [6.07, 6.45) is 0.177. The van der Waals surface area contributed by atoms with E-state index in [4.69, 9.17) is 11.6 Å². The first kappa shape index (κ1) is 17.0. The van der Waals surface area contributed by atoms with Crippen molar-refractivity contribution in [2.75, 3.05) is 20.1 Å². The largest absolute Gasteiger partial charge is 0.388 e. The van der Waals surface area contributed by atoms with Gasteiger partial charge in [-0.2, -0.15) is 0 Å². The molecule has 0 fully saturated rings. The molecule has 108 valence electrons. The standard InChI is InChI=1S/C15H23BrClNO/c1-15(2,3)10-18(4)8-7-14(19)12-6-5-11(16)9-13(12)17/h5-6,9,14,19H,7-8,10H2,1-4H3. The molecule has 0 saturated heterocycles. The van der Waals surface area contributed by atoms with Crippen LogP contribution in [0.2, 0.25) is 5.02 Å². The molecule has 1 N–H and O–H groups in total.